The van der Waals surface area contributed by atoms with E-state index in [0.29, 0.717) is 16.3 Å². The summed E-state index contributed by atoms with van der Waals surface area (Å²) in [5, 5.41) is 0.736. The second kappa shape index (κ2) is 6.40. The minimum atomic E-state index is -0.601. The van der Waals surface area contributed by atoms with E-state index in [9.17, 15) is 9.18 Å². The molecule has 1 aliphatic rings. The summed E-state index contributed by atoms with van der Waals surface area (Å²) in [5.74, 6) is -0.556. The van der Waals surface area contributed by atoms with Crippen molar-refractivity contribution in [1.82, 2.24) is 4.98 Å². The number of hydrogen-bond acceptors (Lipinski definition) is 7. The summed E-state index contributed by atoms with van der Waals surface area (Å²) < 4.78 is 23.7. The lowest BCUT2D eigenvalue weighted by Crippen LogP contribution is -2.07. The van der Waals surface area contributed by atoms with Crippen LogP contribution in [0.4, 0.5) is 9.52 Å². The number of rotatable bonds is 4. The van der Waals surface area contributed by atoms with E-state index in [0.717, 1.165) is 5.13 Å². The molecule has 2 aromatic rings. The molecule has 1 aliphatic heterocycles. The van der Waals surface area contributed by atoms with E-state index < -0.39 is 11.8 Å². The Morgan fingerprint density at radius 1 is 1.38 bits per heavy atom. The minimum Gasteiger partial charge on any atom is -0.480 e. The molecule has 2 heterocycles. The van der Waals surface area contributed by atoms with Gasteiger partial charge < -0.3 is 14.4 Å². The number of carbonyl (C=O) groups is 1. The number of hydrogen-bond donors (Lipinski definition) is 0. The molecule has 0 atom stereocenters. The van der Waals surface area contributed by atoms with Crippen molar-refractivity contribution in [3.8, 4) is 5.88 Å². The monoisotopic (exact) mass is 347 g/mol. The molecule has 0 spiro atoms. The van der Waals surface area contributed by atoms with Crippen LogP contribution in [0.15, 0.2) is 35.0 Å². The number of carbonyl (C=O) groups excluding carboxylic acids is 1. The molecule has 24 heavy (non-hydrogen) atoms. The number of nitrogens with zero attached hydrogens (tertiary/aromatic N) is 3. The third-order valence-corrected chi connectivity index (χ3v) is 4.30. The van der Waals surface area contributed by atoms with Crippen LogP contribution < -0.4 is 9.64 Å². The van der Waals surface area contributed by atoms with Crippen molar-refractivity contribution in [3.63, 3.8) is 0 Å². The van der Waals surface area contributed by atoms with Gasteiger partial charge in [-0.3, -0.25) is 0 Å². The summed E-state index contributed by atoms with van der Waals surface area (Å²) in [6.45, 7) is 0. The third-order valence-electron chi connectivity index (χ3n) is 3.15. The highest BCUT2D eigenvalue weighted by Gasteiger charge is 2.25. The Bertz CT molecular complexity index is 858. The van der Waals surface area contributed by atoms with Crippen LogP contribution in [-0.2, 0) is 9.53 Å². The highest BCUT2D eigenvalue weighted by molar-refractivity contribution is 7.16. The molecule has 8 heteroatoms. The van der Waals surface area contributed by atoms with E-state index in [2.05, 4.69) is 9.98 Å². The number of ether oxygens (including phenoxy) is 2. The van der Waals surface area contributed by atoms with Gasteiger partial charge in [-0.2, -0.15) is 4.98 Å². The molecule has 1 aromatic heterocycles. The molecule has 0 fully saturated rings. The third kappa shape index (κ3) is 3.13. The molecular formula is C16H14FN3O3S. The van der Waals surface area contributed by atoms with Crippen LogP contribution in [0.2, 0.25) is 0 Å². The molecule has 0 N–H and O–H groups in total. The fourth-order valence-electron chi connectivity index (χ4n) is 2.01. The van der Waals surface area contributed by atoms with Gasteiger partial charge in [0.2, 0.25) is 11.8 Å². The highest BCUT2D eigenvalue weighted by atomic mass is 32.1. The fourth-order valence-corrected chi connectivity index (χ4v) is 2.91. The molecule has 1 aromatic carbocycles. The molecule has 0 saturated heterocycles. The molecule has 3 rings (SSSR count). The number of benzene rings is 1. The number of aliphatic imine (C=N–C) groups is 1. The second-order valence-corrected chi connectivity index (χ2v) is 6.12. The Balaban J connectivity index is 1.97. The zero-order valence-electron chi connectivity index (χ0n) is 13.2. The molecular weight excluding hydrogens is 333 g/mol. The van der Waals surface area contributed by atoms with Crippen LogP contribution in [0.25, 0.3) is 6.08 Å². The maximum atomic E-state index is 13.3. The van der Waals surface area contributed by atoms with Gasteiger partial charge in [-0.05, 0) is 24.3 Å². The van der Waals surface area contributed by atoms with Crippen molar-refractivity contribution in [2.24, 2.45) is 4.99 Å². The zero-order chi connectivity index (χ0) is 17.3. The van der Waals surface area contributed by atoms with Crippen molar-refractivity contribution >= 4 is 34.4 Å². The standard InChI is InChI=1S/C16H14FN3O3S/c1-20(2)16-19-14(22-3)12(24-16)8-11-15(21)23-13(18-11)9-5-4-6-10(17)7-9/h4-8H,1-3H3/b11-8+. The maximum absolute atomic E-state index is 13.3. The number of cyclic esters (lactones) is 1. The topological polar surface area (TPSA) is 64.0 Å². The Morgan fingerprint density at radius 2 is 2.17 bits per heavy atom. The van der Waals surface area contributed by atoms with E-state index in [1.165, 1.54) is 36.6 Å². The Labute approximate surface area is 141 Å². The van der Waals surface area contributed by atoms with Gasteiger partial charge in [-0.25, -0.2) is 14.2 Å². The summed E-state index contributed by atoms with van der Waals surface area (Å²) >= 11 is 1.36. The molecule has 0 radical (unpaired) electrons. The zero-order valence-corrected chi connectivity index (χ0v) is 14.1. The van der Waals surface area contributed by atoms with Gasteiger partial charge >= 0.3 is 5.97 Å². The van der Waals surface area contributed by atoms with E-state index in [4.69, 9.17) is 9.47 Å². The lowest BCUT2D eigenvalue weighted by atomic mass is 10.2. The SMILES string of the molecule is COc1nc(N(C)C)sc1/C=C1/N=C(c2cccc(F)c2)OC1=O. The molecule has 0 aliphatic carbocycles. The van der Waals surface area contributed by atoms with Gasteiger partial charge in [0.1, 0.15) is 5.82 Å². The predicted molar refractivity (Wildman–Crippen MR) is 90.0 cm³/mol. The van der Waals surface area contributed by atoms with E-state index in [-0.39, 0.29) is 11.6 Å². The van der Waals surface area contributed by atoms with Gasteiger partial charge in [-0.1, -0.05) is 17.4 Å². The Hall–Kier alpha value is -2.74. The van der Waals surface area contributed by atoms with Crippen molar-refractivity contribution in [2.45, 2.75) is 0 Å². The van der Waals surface area contributed by atoms with Gasteiger partial charge in [0.05, 0.1) is 12.0 Å². The number of halogens is 1. The van der Waals surface area contributed by atoms with Crippen molar-refractivity contribution < 1.29 is 18.7 Å². The smallest absolute Gasteiger partial charge is 0.363 e. The summed E-state index contributed by atoms with van der Waals surface area (Å²) in [4.78, 5) is 23.0. The first kappa shape index (κ1) is 16.1. The number of methoxy groups -OCH3 is 1. The molecule has 0 saturated carbocycles. The number of esters is 1. The Kier molecular flexibility index (Phi) is 4.30. The van der Waals surface area contributed by atoms with Crippen molar-refractivity contribution in [3.05, 3.63) is 46.2 Å². The van der Waals surface area contributed by atoms with Crippen LogP contribution in [-0.4, -0.2) is 38.1 Å². The van der Waals surface area contributed by atoms with Crippen LogP contribution in [0.5, 0.6) is 5.88 Å². The number of thiazole rings is 1. The van der Waals surface area contributed by atoms with Gasteiger partial charge in [0.25, 0.3) is 0 Å². The lowest BCUT2D eigenvalue weighted by molar-refractivity contribution is -0.129. The summed E-state index contributed by atoms with van der Waals surface area (Å²) in [6.07, 6.45) is 1.55. The van der Waals surface area contributed by atoms with Crippen LogP contribution in [0.3, 0.4) is 0 Å². The minimum absolute atomic E-state index is 0.0714. The normalized spacial score (nSPS) is 15.4. The average molecular weight is 347 g/mol. The first-order valence-corrected chi connectivity index (χ1v) is 7.80. The summed E-state index contributed by atoms with van der Waals surface area (Å²) in [6, 6.07) is 5.71. The number of aromatic nitrogens is 1. The molecule has 0 unspecified atom stereocenters. The largest absolute Gasteiger partial charge is 0.480 e. The molecule has 124 valence electrons. The van der Waals surface area contributed by atoms with Gasteiger partial charge in [-0.15, -0.1) is 0 Å². The van der Waals surface area contributed by atoms with Crippen molar-refractivity contribution in [1.29, 1.82) is 0 Å². The quantitative estimate of drug-likeness (QED) is 0.628. The fraction of sp³-hybridized carbons (Fsp3) is 0.188. The van der Waals surface area contributed by atoms with Crippen LogP contribution in [0.1, 0.15) is 10.4 Å². The summed E-state index contributed by atoms with van der Waals surface area (Å²) in [7, 11) is 5.23. The summed E-state index contributed by atoms with van der Waals surface area (Å²) in [5.41, 5.74) is 0.513. The first-order valence-electron chi connectivity index (χ1n) is 6.98. The highest BCUT2D eigenvalue weighted by Crippen LogP contribution is 2.33. The van der Waals surface area contributed by atoms with E-state index in [1.807, 2.05) is 19.0 Å². The lowest BCUT2D eigenvalue weighted by Gasteiger charge is -2.04. The van der Waals surface area contributed by atoms with Gasteiger partial charge in [0.15, 0.2) is 10.8 Å². The van der Waals surface area contributed by atoms with Crippen LogP contribution in [0, 0.1) is 5.82 Å². The molecule has 6 nitrogen and oxygen atoms in total. The second-order valence-electron chi connectivity index (χ2n) is 5.11. The van der Waals surface area contributed by atoms with Crippen molar-refractivity contribution in [2.75, 3.05) is 26.1 Å². The average Bonchev–Trinajstić information content (AvgIpc) is 3.12. The Morgan fingerprint density at radius 3 is 2.83 bits per heavy atom. The molecule has 0 bridgehead atoms. The van der Waals surface area contributed by atoms with E-state index in [1.54, 1.807) is 12.1 Å². The van der Waals surface area contributed by atoms with E-state index >= 15 is 0 Å². The predicted octanol–water partition coefficient (Wildman–Crippen LogP) is 2.70. The maximum Gasteiger partial charge on any atom is 0.363 e. The van der Waals surface area contributed by atoms with Crippen LogP contribution >= 0.6 is 11.3 Å². The first-order chi connectivity index (χ1) is 11.5. The van der Waals surface area contributed by atoms with Gasteiger partial charge in [0, 0.05) is 19.7 Å². The molecule has 0 amide bonds. The number of anilines is 1.